The fourth-order valence-corrected chi connectivity index (χ4v) is 2.32. The van der Waals surface area contributed by atoms with Gasteiger partial charge < -0.3 is 10.1 Å². The second kappa shape index (κ2) is 6.79. The van der Waals surface area contributed by atoms with Crippen LogP contribution in [0.5, 0.6) is 5.75 Å². The van der Waals surface area contributed by atoms with Gasteiger partial charge in [-0.25, -0.2) is 0 Å². The standard InChI is InChI=1S/C16H27NO/c1-7-17-15(11(2)3)10-18-16-13(5)8-12(4)9-14(16)6/h8-9,11,15,17H,7,10H2,1-6H3. The molecule has 1 N–H and O–H groups in total. The van der Waals surface area contributed by atoms with Crippen LogP contribution in [0.15, 0.2) is 12.1 Å². The molecular weight excluding hydrogens is 222 g/mol. The first kappa shape index (κ1) is 15.0. The second-order valence-electron chi connectivity index (χ2n) is 5.45. The Morgan fingerprint density at radius 3 is 2.11 bits per heavy atom. The van der Waals surface area contributed by atoms with Gasteiger partial charge in [0.2, 0.25) is 0 Å². The molecule has 1 atom stereocenters. The quantitative estimate of drug-likeness (QED) is 0.831. The zero-order valence-corrected chi connectivity index (χ0v) is 12.6. The van der Waals surface area contributed by atoms with Gasteiger partial charge in [0.25, 0.3) is 0 Å². The normalized spacial score (nSPS) is 12.8. The van der Waals surface area contributed by atoms with Crippen molar-refractivity contribution in [2.75, 3.05) is 13.2 Å². The molecule has 1 aromatic carbocycles. The lowest BCUT2D eigenvalue weighted by Crippen LogP contribution is -2.38. The summed E-state index contributed by atoms with van der Waals surface area (Å²) in [7, 11) is 0. The van der Waals surface area contributed by atoms with E-state index in [2.05, 4.69) is 59.0 Å². The predicted molar refractivity (Wildman–Crippen MR) is 78.5 cm³/mol. The Morgan fingerprint density at radius 2 is 1.67 bits per heavy atom. The van der Waals surface area contributed by atoms with Gasteiger partial charge in [-0.2, -0.15) is 0 Å². The maximum Gasteiger partial charge on any atom is 0.125 e. The Hall–Kier alpha value is -1.02. The van der Waals surface area contributed by atoms with Crippen LogP contribution in [0.1, 0.15) is 37.5 Å². The third kappa shape index (κ3) is 4.02. The fourth-order valence-electron chi connectivity index (χ4n) is 2.32. The molecule has 0 fully saturated rings. The van der Waals surface area contributed by atoms with Gasteiger partial charge in [0.15, 0.2) is 0 Å². The highest BCUT2D eigenvalue weighted by Gasteiger charge is 2.14. The molecule has 1 aromatic rings. The maximum absolute atomic E-state index is 6.04. The molecule has 0 saturated carbocycles. The molecule has 18 heavy (non-hydrogen) atoms. The molecule has 0 radical (unpaired) electrons. The van der Waals surface area contributed by atoms with Crippen LogP contribution in [0.3, 0.4) is 0 Å². The van der Waals surface area contributed by atoms with Gasteiger partial charge in [-0.1, -0.05) is 38.5 Å². The first-order valence-corrected chi connectivity index (χ1v) is 6.89. The SMILES string of the molecule is CCNC(COc1c(C)cc(C)cc1C)C(C)C. The van der Waals surface area contributed by atoms with Gasteiger partial charge in [0.05, 0.1) is 0 Å². The van der Waals surface area contributed by atoms with Crippen molar-refractivity contribution < 1.29 is 4.74 Å². The van der Waals surface area contributed by atoms with Crippen molar-refractivity contribution in [2.45, 2.75) is 47.6 Å². The average molecular weight is 249 g/mol. The van der Waals surface area contributed by atoms with Crippen LogP contribution < -0.4 is 10.1 Å². The first-order chi connectivity index (χ1) is 8.45. The summed E-state index contributed by atoms with van der Waals surface area (Å²) < 4.78 is 6.04. The molecule has 1 rings (SSSR count). The minimum Gasteiger partial charge on any atom is -0.491 e. The number of ether oxygens (including phenoxy) is 1. The lowest BCUT2D eigenvalue weighted by molar-refractivity contribution is 0.230. The summed E-state index contributed by atoms with van der Waals surface area (Å²) in [6, 6.07) is 4.77. The summed E-state index contributed by atoms with van der Waals surface area (Å²) in [5, 5.41) is 3.48. The Balaban J connectivity index is 2.73. The van der Waals surface area contributed by atoms with E-state index in [0.29, 0.717) is 12.0 Å². The van der Waals surface area contributed by atoms with Gasteiger partial charge in [0.1, 0.15) is 12.4 Å². The van der Waals surface area contributed by atoms with E-state index in [1.807, 2.05) is 0 Å². The lowest BCUT2D eigenvalue weighted by Gasteiger charge is -2.23. The van der Waals surface area contributed by atoms with Crippen LogP contribution >= 0.6 is 0 Å². The average Bonchev–Trinajstić information content (AvgIpc) is 2.25. The monoisotopic (exact) mass is 249 g/mol. The molecule has 102 valence electrons. The molecule has 0 amide bonds. The first-order valence-electron chi connectivity index (χ1n) is 6.89. The fraction of sp³-hybridized carbons (Fsp3) is 0.625. The molecule has 0 aliphatic heterocycles. The van der Waals surface area contributed by atoms with Gasteiger partial charge in [-0.05, 0) is 44.4 Å². The molecular formula is C16H27NO. The minimum atomic E-state index is 0.412. The van der Waals surface area contributed by atoms with Crippen LogP contribution in [0.2, 0.25) is 0 Å². The Labute approximate surface area is 112 Å². The summed E-state index contributed by atoms with van der Waals surface area (Å²) in [5.74, 6) is 1.63. The van der Waals surface area contributed by atoms with Crippen molar-refractivity contribution in [2.24, 2.45) is 5.92 Å². The number of likely N-dealkylation sites (N-methyl/N-ethyl adjacent to an activating group) is 1. The van der Waals surface area contributed by atoms with Crippen LogP contribution in [-0.4, -0.2) is 19.2 Å². The van der Waals surface area contributed by atoms with Crippen LogP contribution in [0, 0.1) is 26.7 Å². The topological polar surface area (TPSA) is 21.3 Å². The van der Waals surface area contributed by atoms with Crippen LogP contribution in [-0.2, 0) is 0 Å². The molecule has 0 aromatic heterocycles. The van der Waals surface area contributed by atoms with E-state index >= 15 is 0 Å². The minimum absolute atomic E-state index is 0.412. The van der Waals surface area contributed by atoms with E-state index in [0.717, 1.165) is 18.9 Å². The summed E-state index contributed by atoms with van der Waals surface area (Å²) in [4.78, 5) is 0. The van der Waals surface area contributed by atoms with Crippen molar-refractivity contribution in [3.8, 4) is 5.75 Å². The van der Waals surface area contributed by atoms with Crippen LogP contribution in [0.25, 0.3) is 0 Å². The second-order valence-corrected chi connectivity index (χ2v) is 5.45. The maximum atomic E-state index is 6.04. The number of aryl methyl sites for hydroxylation is 3. The van der Waals surface area contributed by atoms with E-state index in [-0.39, 0.29) is 0 Å². The molecule has 0 heterocycles. The third-order valence-electron chi connectivity index (χ3n) is 3.28. The van der Waals surface area contributed by atoms with Crippen molar-refractivity contribution in [3.63, 3.8) is 0 Å². The summed E-state index contributed by atoms with van der Waals surface area (Å²) >= 11 is 0. The Bertz CT molecular complexity index is 362. The summed E-state index contributed by atoms with van der Waals surface area (Å²) in [6.45, 7) is 14.7. The van der Waals surface area contributed by atoms with Gasteiger partial charge >= 0.3 is 0 Å². The predicted octanol–water partition coefficient (Wildman–Crippen LogP) is 3.62. The zero-order valence-electron chi connectivity index (χ0n) is 12.6. The number of hydrogen-bond acceptors (Lipinski definition) is 2. The molecule has 0 aliphatic rings. The number of benzene rings is 1. The highest BCUT2D eigenvalue weighted by atomic mass is 16.5. The van der Waals surface area contributed by atoms with E-state index in [1.54, 1.807) is 0 Å². The Morgan fingerprint density at radius 1 is 1.11 bits per heavy atom. The van der Waals surface area contributed by atoms with Crippen molar-refractivity contribution in [1.29, 1.82) is 0 Å². The van der Waals surface area contributed by atoms with Crippen molar-refractivity contribution >= 4 is 0 Å². The summed E-state index contributed by atoms with van der Waals surface area (Å²) in [6.07, 6.45) is 0. The van der Waals surface area contributed by atoms with E-state index in [1.165, 1.54) is 16.7 Å². The van der Waals surface area contributed by atoms with Gasteiger partial charge in [-0.15, -0.1) is 0 Å². The highest BCUT2D eigenvalue weighted by molar-refractivity contribution is 5.42. The molecule has 0 spiro atoms. The molecule has 1 unspecified atom stereocenters. The smallest absolute Gasteiger partial charge is 0.125 e. The highest BCUT2D eigenvalue weighted by Crippen LogP contribution is 2.24. The summed E-state index contributed by atoms with van der Waals surface area (Å²) in [5.41, 5.74) is 3.75. The van der Waals surface area contributed by atoms with Crippen molar-refractivity contribution in [3.05, 3.63) is 28.8 Å². The third-order valence-corrected chi connectivity index (χ3v) is 3.28. The molecule has 2 nitrogen and oxygen atoms in total. The molecule has 2 heteroatoms. The largest absolute Gasteiger partial charge is 0.491 e. The molecule has 0 bridgehead atoms. The van der Waals surface area contributed by atoms with Crippen LogP contribution in [0.4, 0.5) is 0 Å². The van der Waals surface area contributed by atoms with E-state index < -0.39 is 0 Å². The molecule has 0 aliphatic carbocycles. The number of nitrogens with one attached hydrogen (secondary N) is 1. The van der Waals surface area contributed by atoms with Gasteiger partial charge in [-0.3, -0.25) is 0 Å². The zero-order chi connectivity index (χ0) is 13.7. The number of hydrogen-bond donors (Lipinski definition) is 1. The van der Waals surface area contributed by atoms with E-state index in [4.69, 9.17) is 4.74 Å². The van der Waals surface area contributed by atoms with E-state index in [9.17, 15) is 0 Å². The number of rotatable bonds is 6. The molecule has 0 saturated heterocycles. The van der Waals surface area contributed by atoms with Gasteiger partial charge in [0, 0.05) is 6.04 Å². The lowest BCUT2D eigenvalue weighted by atomic mass is 10.0. The van der Waals surface area contributed by atoms with Crippen molar-refractivity contribution in [1.82, 2.24) is 5.32 Å². The Kier molecular flexibility index (Phi) is 5.67.